The fourth-order valence-corrected chi connectivity index (χ4v) is 12.1. The molecule has 4 fully saturated rings. The molecule has 15 rings (SSSR count). The van der Waals surface area contributed by atoms with Crippen molar-refractivity contribution in [3.63, 3.8) is 0 Å². The van der Waals surface area contributed by atoms with Crippen molar-refractivity contribution in [3.8, 4) is 34.0 Å². The molecule has 13 heterocycles. The Morgan fingerprint density at radius 2 is 0.918 bits per heavy atom. The maximum Gasteiger partial charge on any atom is 0.496 e. The van der Waals surface area contributed by atoms with Crippen LogP contribution in [0.15, 0.2) is 127 Å². The molecule has 0 spiro atoms. The number of ether oxygens (including phenoxy) is 2. The lowest BCUT2D eigenvalue weighted by atomic mass is 9.80. The van der Waals surface area contributed by atoms with E-state index >= 15 is 0 Å². The summed E-state index contributed by atoms with van der Waals surface area (Å²) in [6.45, 7) is 28.4. The third-order valence-electron chi connectivity index (χ3n) is 18.8. The molecule has 0 bridgehead atoms. The van der Waals surface area contributed by atoms with Crippen molar-refractivity contribution >= 4 is 69.4 Å². The zero-order valence-electron chi connectivity index (χ0n) is 57.7. The van der Waals surface area contributed by atoms with E-state index in [2.05, 4.69) is 143 Å². The van der Waals surface area contributed by atoms with E-state index < -0.39 is 7.12 Å². The second-order valence-electron chi connectivity index (χ2n) is 26.2. The Kier molecular flexibility index (Phi) is 20.8. The molecule has 0 N–H and O–H groups in total. The molecule has 2 aromatic carbocycles. The Hall–Kier alpha value is -9.11. The minimum absolute atomic E-state index is 0.375. The first-order valence-electron chi connectivity index (χ1n) is 33.0. The molecule has 8 aromatic heterocycles. The van der Waals surface area contributed by atoms with Crippen molar-refractivity contribution in [1.29, 1.82) is 0 Å². The molecule has 5 aliphatic heterocycles. The molecular formula is C71H86BClN20O4. The maximum atomic E-state index is 6.16. The molecule has 0 amide bonds. The SMILES string of the molecule is CC1=NCc2ncc(-c3cncc(N4CCN(C)CC4)n3)cc21.CN1CCN(c2cncc(Cl)n2)CC1.COc1ccc(Cn2nc(C)c3cc(-c4cncc(N5CCN(C)CC5)n4)cnc32)cc1.COc1ccc(Cn2nc(C)c3cc(B4OC(C)(C)C(C)(C)O4)cnc32)cc1. The highest BCUT2D eigenvalue weighted by atomic mass is 35.5. The largest absolute Gasteiger partial charge is 0.497 e. The van der Waals surface area contributed by atoms with Crippen LogP contribution in [0.5, 0.6) is 11.5 Å². The van der Waals surface area contributed by atoms with E-state index in [0.29, 0.717) is 24.8 Å². The van der Waals surface area contributed by atoms with Gasteiger partial charge >= 0.3 is 7.12 Å². The highest BCUT2D eigenvalue weighted by Gasteiger charge is 2.52. The molecule has 10 aromatic rings. The Morgan fingerprint density at radius 3 is 1.38 bits per heavy atom. The van der Waals surface area contributed by atoms with Crippen molar-refractivity contribution in [3.05, 3.63) is 161 Å². The van der Waals surface area contributed by atoms with E-state index in [4.69, 9.17) is 55.5 Å². The molecule has 4 saturated heterocycles. The Bertz CT molecular complexity index is 4360. The monoisotopic (exact) mass is 1330 g/mol. The number of methoxy groups -OCH3 is 2. The van der Waals surface area contributed by atoms with Gasteiger partial charge in [0.05, 0.1) is 111 Å². The van der Waals surface area contributed by atoms with Crippen molar-refractivity contribution < 1.29 is 18.8 Å². The van der Waals surface area contributed by atoms with Crippen LogP contribution in [0.4, 0.5) is 17.5 Å². The number of pyridine rings is 3. The van der Waals surface area contributed by atoms with Crippen LogP contribution in [0, 0.1) is 13.8 Å². The van der Waals surface area contributed by atoms with Gasteiger partial charge in [0, 0.05) is 136 Å². The number of aromatic nitrogens is 13. The van der Waals surface area contributed by atoms with E-state index in [1.165, 1.54) is 0 Å². The molecule has 504 valence electrons. The highest BCUT2D eigenvalue weighted by molar-refractivity contribution is 6.62. The number of fused-ring (bicyclic) bond motifs is 3. The van der Waals surface area contributed by atoms with Gasteiger partial charge < -0.3 is 48.2 Å². The summed E-state index contributed by atoms with van der Waals surface area (Å²) in [6, 6.07) is 22.4. The fourth-order valence-electron chi connectivity index (χ4n) is 12.0. The molecule has 0 radical (unpaired) electrons. The van der Waals surface area contributed by atoms with Crippen LogP contribution < -0.4 is 29.6 Å². The predicted octanol–water partition coefficient (Wildman–Crippen LogP) is 8.60. The summed E-state index contributed by atoms with van der Waals surface area (Å²) < 4.78 is 26.7. The second kappa shape index (κ2) is 29.7. The van der Waals surface area contributed by atoms with Gasteiger partial charge in [-0.3, -0.25) is 24.9 Å². The molecule has 0 unspecified atom stereocenters. The molecule has 26 heteroatoms. The fraction of sp³-hybridized carbons (Fsp3) is 0.408. The van der Waals surface area contributed by atoms with Crippen molar-refractivity contribution in [2.45, 2.75) is 79.3 Å². The predicted molar refractivity (Wildman–Crippen MR) is 383 cm³/mol. The first kappa shape index (κ1) is 67.9. The topological polar surface area (TPSA) is 220 Å². The summed E-state index contributed by atoms with van der Waals surface area (Å²) in [6.07, 6.45) is 16.2. The Morgan fingerprint density at radius 1 is 0.495 bits per heavy atom. The van der Waals surface area contributed by atoms with Crippen LogP contribution in [0.1, 0.15) is 68.4 Å². The lowest BCUT2D eigenvalue weighted by molar-refractivity contribution is 0.00578. The van der Waals surface area contributed by atoms with Crippen molar-refractivity contribution in [1.82, 2.24) is 79.1 Å². The van der Waals surface area contributed by atoms with Crippen LogP contribution in [0.3, 0.4) is 0 Å². The summed E-state index contributed by atoms with van der Waals surface area (Å²) in [5, 5.41) is 11.9. The molecule has 24 nitrogen and oxygen atoms in total. The smallest absolute Gasteiger partial charge is 0.496 e. The number of anilines is 3. The number of aryl methyl sites for hydroxylation is 2. The summed E-state index contributed by atoms with van der Waals surface area (Å²) in [5.74, 6) is 4.43. The van der Waals surface area contributed by atoms with Gasteiger partial charge in [0.25, 0.3) is 0 Å². The maximum absolute atomic E-state index is 6.16. The molecule has 0 aliphatic carbocycles. The lowest BCUT2D eigenvalue weighted by Gasteiger charge is -2.33. The molecule has 0 atom stereocenters. The molecule has 5 aliphatic rings. The van der Waals surface area contributed by atoms with Gasteiger partial charge in [0.15, 0.2) is 11.3 Å². The van der Waals surface area contributed by atoms with Gasteiger partial charge in [-0.1, -0.05) is 35.9 Å². The highest BCUT2D eigenvalue weighted by Crippen LogP contribution is 2.37. The number of benzene rings is 2. The summed E-state index contributed by atoms with van der Waals surface area (Å²) in [4.78, 5) is 59.0. The van der Waals surface area contributed by atoms with Gasteiger partial charge in [-0.15, -0.1) is 0 Å². The number of likely N-dealkylation sites (N-methyl/N-ethyl adjacent to an activating group) is 3. The van der Waals surface area contributed by atoms with Crippen LogP contribution in [-0.4, -0.2) is 217 Å². The van der Waals surface area contributed by atoms with Crippen molar-refractivity contribution in [2.75, 3.05) is 129 Å². The Balaban J connectivity index is 0.000000128. The van der Waals surface area contributed by atoms with Crippen molar-refractivity contribution in [2.24, 2.45) is 4.99 Å². The number of hydrogen-bond donors (Lipinski definition) is 0. The number of aliphatic imine (C=N–C) groups is 1. The average molecular weight is 1330 g/mol. The number of rotatable bonds is 12. The second-order valence-corrected chi connectivity index (χ2v) is 26.6. The minimum Gasteiger partial charge on any atom is -0.497 e. The zero-order chi connectivity index (χ0) is 68.0. The van der Waals surface area contributed by atoms with E-state index in [1.807, 2.05) is 104 Å². The third-order valence-corrected chi connectivity index (χ3v) is 19.0. The van der Waals surface area contributed by atoms with Crippen LogP contribution in [0.2, 0.25) is 5.15 Å². The first-order valence-corrected chi connectivity index (χ1v) is 33.4. The standard InChI is InChI=1S/C24H27N7O.C21H26BN3O3.C17H20N6.C9H13ClN4/c1-17-21-12-19(22-14-25-15-23(27-22)30-10-8-29(2)9-11-30)13-26-24(21)31(28-17)16-18-4-6-20(32-3)7-5-18;1-14-18-11-16(22-27-20(2,3)21(4,5)28-22)12-23-19(18)25(24-14)13-15-7-9-17(26-6)10-8-15;1-12-14-7-13(8-20-16(14)10-19-12)15-9-18-11-17(21-15)23-5-3-22(2)4-6-23;1-13-2-4-14(5-3-13)9-7-11-6-8(10)12-9/h4-7,12-15H,8-11,16H2,1-3H3;7-12H,13H2,1-6H3;7-9,11H,3-6,10H2,1-2H3;6-7H,2-5H2,1H3. The normalized spacial score (nSPS) is 17.0. The van der Waals surface area contributed by atoms with E-state index in [-0.39, 0.29) is 11.2 Å². The lowest BCUT2D eigenvalue weighted by Crippen LogP contribution is -2.44. The van der Waals surface area contributed by atoms with E-state index in [1.54, 1.807) is 32.8 Å². The van der Waals surface area contributed by atoms with Crippen LogP contribution >= 0.6 is 11.6 Å². The number of nitrogens with zero attached hydrogens (tertiary/aromatic N) is 20. The van der Waals surface area contributed by atoms with Gasteiger partial charge in [-0.2, -0.15) is 10.2 Å². The first-order chi connectivity index (χ1) is 46.8. The van der Waals surface area contributed by atoms with Gasteiger partial charge in [0.1, 0.15) is 34.1 Å². The molecule has 97 heavy (non-hydrogen) atoms. The third kappa shape index (κ3) is 16.0. The summed E-state index contributed by atoms with van der Waals surface area (Å²) in [5.41, 5.74) is 13.0. The number of hydrogen-bond acceptors (Lipinski definition) is 22. The average Bonchev–Trinajstić information content (AvgIpc) is 1.84. The molecular weight excluding hydrogens is 1240 g/mol. The zero-order valence-corrected chi connectivity index (χ0v) is 58.4. The summed E-state index contributed by atoms with van der Waals surface area (Å²) in [7, 11) is 9.34. The Labute approximate surface area is 572 Å². The van der Waals surface area contributed by atoms with Gasteiger partial charge in [-0.25, -0.2) is 34.3 Å². The summed E-state index contributed by atoms with van der Waals surface area (Å²) >= 11 is 5.78. The number of halogens is 1. The van der Waals surface area contributed by atoms with Gasteiger partial charge in [0.2, 0.25) is 0 Å². The quantitative estimate of drug-likeness (QED) is 0.105. The van der Waals surface area contributed by atoms with Crippen LogP contribution in [0.25, 0.3) is 44.6 Å². The van der Waals surface area contributed by atoms with E-state index in [9.17, 15) is 0 Å². The minimum atomic E-state index is -0.425. The number of piperazine rings is 3. The van der Waals surface area contributed by atoms with Crippen LogP contribution in [-0.2, 0) is 28.9 Å². The van der Waals surface area contributed by atoms with Gasteiger partial charge in [-0.05, 0) is 123 Å². The molecule has 0 saturated carbocycles. The van der Waals surface area contributed by atoms with E-state index in [0.717, 1.165) is 197 Å².